The molecule has 1 aromatic heterocycles. The molecule has 2 aliphatic heterocycles. The van der Waals surface area contributed by atoms with Gasteiger partial charge in [0.25, 0.3) is 5.91 Å². The van der Waals surface area contributed by atoms with E-state index in [2.05, 4.69) is 32.4 Å². The minimum atomic E-state index is -4.60. The average molecular weight is 804 g/mol. The number of halogens is 4. The van der Waals surface area contributed by atoms with E-state index in [0.29, 0.717) is 24.1 Å². The number of allylic oxidation sites excluding steroid dienone is 1. The molecule has 4 amide bonds. The summed E-state index contributed by atoms with van der Waals surface area (Å²) in [5.74, 6) is -1.61. The molecule has 18 heteroatoms. The van der Waals surface area contributed by atoms with Gasteiger partial charge in [-0.15, -0.1) is 0 Å². The van der Waals surface area contributed by atoms with Crippen LogP contribution in [0, 0.1) is 23.6 Å². The van der Waals surface area contributed by atoms with Crippen LogP contribution in [0.2, 0.25) is 0 Å². The van der Waals surface area contributed by atoms with Gasteiger partial charge in [-0.1, -0.05) is 32.1 Å². The molecule has 13 nitrogen and oxygen atoms in total. The highest BCUT2D eigenvalue weighted by molar-refractivity contribution is 7.91. The van der Waals surface area contributed by atoms with Gasteiger partial charge in [0.1, 0.15) is 23.5 Å². The fourth-order valence-electron chi connectivity index (χ4n) is 6.99. The Morgan fingerprint density at radius 2 is 1.80 bits per heavy atom. The molecule has 3 heterocycles. The number of hydrogen-bond acceptors (Lipinski definition) is 9. The third-order valence-corrected chi connectivity index (χ3v) is 12.2. The molecular formula is C37H53F4N5O8S. The molecule has 4 N–H and O–H groups in total. The van der Waals surface area contributed by atoms with Crippen molar-refractivity contribution in [3.63, 3.8) is 0 Å². The van der Waals surface area contributed by atoms with Gasteiger partial charge in [0.05, 0.1) is 11.8 Å². The van der Waals surface area contributed by atoms with Gasteiger partial charge in [-0.25, -0.2) is 22.6 Å². The van der Waals surface area contributed by atoms with Crippen LogP contribution in [0.15, 0.2) is 42.6 Å². The van der Waals surface area contributed by atoms with Gasteiger partial charge in [-0.2, -0.15) is 13.2 Å². The topological polar surface area (TPSA) is 187 Å². The van der Waals surface area contributed by atoms with Crippen LogP contribution < -0.4 is 20.5 Å². The number of primary amides is 1. The highest BCUT2D eigenvalue weighted by atomic mass is 32.2. The predicted molar refractivity (Wildman–Crippen MR) is 198 cm³/mol. The highest BCUT2D eigenvalue weighted by Gasteiger charge is 2.62. The van der Waals surface area contributed by atoms with Crippen molar-refractivity contribution in [3.05, 3.63) is 48.4 Å². The second kappa shape index (κ2) is 15.9. The number of alkyl halides is 3. The number of nitrogens with zero attached hydrogens (tertiary/aromatic N) is 2. The van der Waals surface area contributed by atoms with Gasteiger partial charge in [-0.3, -0.25) is 19.1 Å². The Kier molecular flexibility index (Phi) is 12.1. The summed E-state index contributed by atoms with van der Waals surface area (Å²) in [5.41, 5.74) is 0.479. The zero-order chi connectivity index (χ0) is 40.5. The van der Waals surface area contributed by atoms with E-state index < -0.39 is 68.5 Å². The first-order chi connectivity index (χ1) is 25.6. The number of benzene rings is 1. The van der Waals surface area contributed by atoms with Crippen LogP contribution >= 0.6 is 0 Å². The van der Waals surface area contributed by atoms with Crippen LogP contribution in [0.1, 0.15) is 83.3 Å². The molecule has 1 saturated heterocycles. The lowest BCUT2D eigenvalue weighted by Crippen LogP contribution is -2.56. The van der Waals surface area contributed by atoms with Gasteiger partial charge >= 0.3 is 12.3 Å². The quantitative estimate of drug-likeness (QED) is 0.241. The van der Waals surface area contributed by atoms with Gasteiger partial charge < -0.3 is 25.4 Å². The first-order valence-electron chi connectivity index (χ1n) is 18.2. The molecular weight excluding hydrogens is 750 g/mol. The number of fused-ring (bicyclic) bond motifs is 3. The van der Waals surface area contributed by atoms with Crippen molar-refractivity contribution in [3.8, 4) is 5.88 Å². The van der Waals surface area contributed by atoms with Gasteiger partial charge in [0.15, 0.2) is 0 Å². The van der Waals surface area contributed by atoms with E-state index in [4.69, 9.17) is 4.74 Å². The molecule has 0 radical (unpaired) electrons. The first-order valence-corrected chi connectivity index (χ1v) is 19.8. The van der Waals surface area contributed by atoms with Crippen molar-refractivity contribution in [2.75, 3.05) is 6.54 Å². The zero-order valence-corrected chi connectivity index (χ0v) is 31.8. The smallest absolute Gasteiger partial charge is 0.427 e. The number of rotatable bonds is 6. The van der Waals surface area contributed by atoms with E-state index in [-0.39, 0.29) is 53.7 Å². The molecule has 6 atom stereocenters. The lowest BCUT2D eigenvalue weighted by molar-refractivity contribution is -0.243. The molecule has 6 rings (SSSR count). The maximum absolute atomic E-state index is 14.1. The highest BCUT2D eigenvalue weighted by Crippen LogP contribution is 2.46. The first kappa shape index (κ1) is 41.7. The summed E-state index contributed by atoms with van der Waals surface area (Å²) in [4.78, 5) is 56.9. The molecule has 0 spiro atoms. The Morgan fingerprint density at radius 3 is 2.44 bits per heavy atom. The Labute approximate surface area is 321 Å². The van der Waals surface area contributed by atoms with E-state index >= 15 is 0 Å². The fourth-order valence-corrected chi connectivity index (χ4v) is 8.36. The number of sulfonamides is 1. The SMILES string of the molecule is CC(C)(OC(N)=O)C(F)(F)F.C[C@@H]1CC/C=C\[C@@H]2C[C@@]2(C(=O)NS(=O)(=O)C2CC2)NC(=O)[C@@H]2C[C@@H](Oc3nccc4ccc(F)cc34)CN2C(=O)C[C@H](C)C1.[HH].[HH].[HH]. The molecule has 308 valence electrons. The van der Waals surface area contributed by atoms with E-state index in [1.807, 2.05) is 19.1 Å². The Morgan fingerprint density at radius 1 is 1.09 bits per heavy atom. The average Bonchev–Trinajstić information content (AvgIpc) is 3.99. The summed E-state index contributed by atoms with van der Waals surface area (Å²) in [7, 11) is -3.83. The summed E-state index contributed by atoms with van der Waals surface area (Å²) in [6.07, 6.45) is 3.00. The van der Waals surface area contributed by atoms with E-state index in [0.717, 1.165) is 38.5 Å². The standard InChI is InChI=1S/C32H39FN4O6S.C5H8F3NO2.3H2/c1-19-5-3-4-6-22-17-32(22,31(40)36-44(41,42)25-9-10-25)35-29(39)27-16-24(18-37(27)28(38)14-20(2)13-19)43-30-26-15-23(33)8-7-21(26)11-12-34-30;1-4(2,5(6,7)8)11-3(9)10;;;/h4,6-8,11-12,15,19-20,22,24-25,27H,3,5,9-10,13-14,16-18H2,1-2H3,(H,35,39)(H,36,40);1-2H3,(H2,9,10);3*1H/b6-4-;;;;/t19-,20-,22-,24-,27+,32-;;;;/m1..../s1. The van der Waals surface area contributed by atoms with Crippen LogP contribution in [-0.4, -0.2) is 83.4 Å². The number of nitrogens with one attached hydrogen (secondary N) is 2. The van der Waals surface area contributed by atoms with Crippen LogP contribution in [0.25, 0.3) is 10.8 Å². The summed E-state index contributed by atoms with van der Waals surface area (Å²) in [6, 6.07) is 5.13. The van der Waals surface area contributed by atoms with E-state index in [1.54, 1.807) is 18.3 Å². The number of hydrogen-bond donors (Lipinski definition) is 3. The minimum absolute atomic E-state index is 0. The number of pyridine rings is 1. The monoisotopic (exact) mass is 803 g/mol. The molecule has 2 saturated carbocycles. The van der Waals surface area contributed by atoms with E-state index in [9.17, 15) is 45.2 Å². The fraction of sp³-hybridized carbons (Fsp3) is 0.595. The maximum atomic E-state index is 14.1. The molecule has 0 bridgehead atoms. The number of amides is 4. The third kappa shape index (κ3) is 10.0. The van der Waals surface area contributed by atoms with Crippen molar-refractivity contribution in [2.45, 2.75) is 114 Å². The summed E-state index contributed by atoms with van der Waals surface area (Å²) >= 11 is 0. The van der Waals surface area contributed by atoms with Crippen molar-refractivity contribution in [1.82, 2.24) is 19.9 Å². The van der Waals surface area contributed by atoms with Crippen molar-refractivity contribution in [2.24, 2.45) is 23.5 Å². The largest absolute Gasteiger partial charge is 0.472 e. The molecule has 1 aromatic carbocycles. The number of carbonyl (C=O) groups is 4. The maximum Gasteiger partial charge on any atom is 0.427 e. The Balaban J connectivity index is 0.000000730. The molecule has 3 fully saturated rings. The molecule has 4 aliphatic rings. The lowest BCUT2D eigenvalue weighted by Gasteiger charge is -2.27. The summed E-state index contributed by atoms with van der Waals surface area (Å²) in [6.45, 7) is 5.74. The third-order valence-electron chi connectivity index (χ3n) is 10.4. The Hall–Kier alpha value is -4.48. The van der Waals surface area contributed by atoms with Gasteiger partial charge in [-0.05, 0) is 87.8 Å². The van der Waals surface area contributed by atoms with Crippen molar-refractivity contribution >= 4 is 44.6 Å². The number of nitrogens with two attached hydrogens (primary N) is 1. The molecule has 2 aliphatic carbocycles. The lowest BCUT2D eigenvalue weighted by atomic mass is 9.91. The molecule has 0 unspecified atom stereocenters. The zero-order valence-electron chi connectivity index (χ0n) is 31.0. The van der Waals surface area contributed by atoms with Gasteiger partial charge in [0.2, 0.25) is 33.3 Å². The predicted octanol–water partition coefficient (Wildman–Crippen LogP) is 5.77. The second-order valence-electron chi connectivity index (χ2n) is 15.6. The summed E-state index contributed by atoms with van der Waals surface area (Å²) < 4.78 is 87.2. The Bertz CT molecular complexity index is 1960. The van der Waals surface area contributed by atoms with Crippen LogP contribution in [0.3, 0.4) is 0 Å². The van der Waals surface area contributed by atoms with Crippen LogP contribution in [0.4, 0.5) is 22.4 Å². The number of aromatic nitrogens is 1. The van der Waals surface area contributed by atoms with Crippen LogP contribution in [0.5, 0.6) is 5.88 Å². The normalized spacial score (nSPS) is 28.2. The minimum Gasteiger partial charge on any atom is -0.472 e. The second-order valence-corrected chi connectivity index (χ2v) is 17.5. The van der Waals surface area contributed by atoms with Gasteiger partial charge in [0, 0.05) is 34.6 Å². The van der Waals surface area contributed by atoms with E-state index in [1.165, 1.54) is 17.0 Å². The molecule has 55 heavy (non-hydrogen) atoms. The van der Waals surface area contributed by atoms with Crippen molar-refractivity contribution in [1.29, 1.82) is 0 Å². The van der Waals surface area contributed by atoms with Crippen LogP contribution in [-0.2, 0) is 29.1 Å². The number of carbonyl (C=O) groups excluding carboxylic acids is 4. The number of ether oxygens (including phenoxy) is 2. The molecule has 2 aromatic rings. The van der Waals surface area contributed by atoms with Crippen molar-refractivity contribution < 1.29 is 58.9 Å². The summed E-state index contributed by atoms with van der Waals surface area (Å²) in [5, 5.41) is 3.50.